The molecular weight excluding hydrogens is 308 g/mol. The van der Waals surface area contributed by atoms with E-state index in [1.165, 1.54) is 0 Å². The van der Waals surface area contributed by atoms with E-state index in [4.69, 9.17) is 5.73 Å². The van der Waals surface area contributed by atoms with Crippen LogP contribution in [0.1, 0.15) is 36.0 Å². The van der Waals surface area contributed by atoms with Crippen molar-refractivity contribution in [2.45, 2.75) is 43.4 Å². The molecule has 2 aliphatic rings. The number of pyridine rings is 1. The fourth-order valence-electron chi connectivity index (χ4n) is 3.83. The molecule has 0 spiro atoms. The lowest BCUT2D eigenvalue weighted by Gasteiger charge is -2.43. The van der Waals surface area contributed by atoms with Gasteiger partial charge in [-0.3, -0.25) is 19.5 Å². The van der Waals surface area contributed by atoms with Gasteiger partial charge in [0.2, 0.25) is 5.91 Å². The van der Waals surface area contributed by atoms with Crippen LogP contribution in [-0.4, -0.2) is 57.6 Å². The van der Waals surface area contributed by atoms with E-state index < -0.39 is 11.6 Å². The van der Waals surface area contributed by atoms with Crippen molar-refractivity contribution < 1.29 is 14.7 Å². The summed E-state index contributed by atoms with van der Waals surface area (Å²) >= 11 is 0. The predicted octanol–water partition coefficient (Wildman–Crippen LogP) is -0.141. The number of nitrogens with two attached hydrogens (primary N) is 1. The number of rotatable bonds is 6. The Balaban J connectivity index is 1.57. The minimum Gasteiger partial charge on any atom is -0.390 e. The summed E-state index contributed by atoms with van der Waals surface area (Å²) in [6.07, 6.45) is 7.65. The van der Waals surface area contributed by atoms with E-state index >= 15 is 0 Å². The number of carbonyl (C=O) groups excluding carboxylic acids is 2. The smallest absolute Gasteiger partial charge is 0.251 e. The van der Waals surface area contributed by atoms with Crippen LogP contribution in [0.4, 0.5) is 0 Å². The molecule has 7 nitrogen and oxygen atoms in total. The first-order valence-electron chi connectivity index (χ1n) is 8.27. The zero-order valence-electron chi connectivity index (χ0n) is 13.5. The molecule has 1 aromatic heterocycles. The maximum atomic E-state index is 12.0. The van der Waals surface area contributed by atoms with E-state index in [1.54, 1.807) is 24.5 Å². The number of β-amino-alcohol motifs (C(OH)–C–C–N with tert-alkyl or cyclic N) is 1. The highest BCUT2D eigenvalue weighted by atomic mass is 16.3. The number of amides is 2. The lowest BCUT2D eigenvalue weighted by molar-refractivity contribution is -0.131. The number of aliphatic hydroxyl groups is 1. The maximum absolute atomic E-state index is 12.0. The molecule has 1 unspecified atom stereocenters. The second kappa shape index (κ2) is 6.86. The molecule has 4 N–H and O–H groups in total. The summed E-state index contributed by atoms with van der Waals surface area (Å²) in [6.45, 7) is 0.459. The van der Waals surface area contributed by atoms with E-state index in [-0.39, 0.29) is 24.4 Å². The first-order chi connectivity index (χ1) is 11.5. The van der Waals surface area contributed by atoms with Crippen LogP contribution in [0, 0.1) is 6.42 Å². The molecule has 0 aromatic carbocycles. The Morgan fingerprint density at radius 1 is 1.46 bits per heavy atom. The number of aromatic nitrogens is 1. The molecule has 129 valence electrons. The van der Waals surface area contributed by atoms with Crippen molar-refractivity contribution in [2.75, 3.05) is 13.1 Å². The van der Waals surface area contributed by atoms with Crippen molar-refractivity contribution in [1.29, 1.82) is 0 Å². The van der Waals surface area contributed by atoms with Gasteiger partial charge in [0.15, 0.2) is 0 Å². The third kappa shape index (κ3) is 3.14. The van der Waals surface area contributed by atoms with E-state index in [0.29, 0.717) is 18.5 Å². The third-order valence-corrected chi connectivity index (χ3v) is 5.11. The topological polar surface area (TPSA) is 109 Å². The Hall–Kier alpha value is -1.99. The highest BCUT2D eigenvalue weighted by molar-refractivity contribution is 5.93. The molecule has 7 heteroatoms. The van der Waals surface area contributed by atoms with Gasteiger partial charge in [-0.1, -0.05) is 0 Å². The lowest BCUT2D eigenvalue weighted by Crippen LogP contribution is -2.60. The third-order valence-electron chi connectivity index (χ3n) is 5.11. The van der Waals surface area contributed by atoms with Crippen molar-refractivity contribution >= 4 is 11.8 Å². The molecule has 0 saturated carbocycles. The molecule has 3 rings (SSSR count). The Kier molecular flexibility index (Phi) is 4.82. The molecule has 2 saturated heterocycles. The fraction of sp³-hybridized carbons (Fsp3) is 0.529. The Bertz CT molecular complexity index is 605. The number of primary amides is 1. The summed E-state index contributed by atoms with van der Waals surface area (Å²) in [5, 5.41) is 13.0. The van der Waals surface area contributed by atoms with Gasteiger partial charge in [0, 0.05) is 37.1 Å². The average Bonchev–Trinajstić information content (AvgIpc) is 2.79. The molecule has 1 aromatic rings. The molecule has 1 radical (unpaired) electrons. The normalized spacial score (nSPS) is 27.6. The van der Waals surface area contributed by atoms with Crippen LogP contribution in [0.2, 0.25) is 0 Å². The standard InChI is InChI=1S/C17H23N4O3/c18-16(24)17-6-1-2-13(3-7-17)21(17)11-14(22)10-20-15(23)12-4-8-19-9-5-12/h1,4-5,8-9,13-14,22H,2-3,6-7,10-11H2,(H2,18,24)(H,20,23)/t13-,14?,17-/m0/s1. The van der Waals surface area contributed by atoms with Crippen LogP contribution in [0.15, 0.2) is 24.5 Å². The number of aliphatic hydroxyl groups excluding tert-OH is 1. The minimum atomic E-state index is -0.756. The number of hydrogen-bond donors (Lipinski definition) is 3. The van der Waals surface area contributed by atoms with Gasteiger partial charge in [-0.15, -0.1) is 0 Å². The summed E-state index contributed by atoms with van der Waals surface area (Å²) in [7, 11) is 0. The van der Waals surface area contributed by atoms with Gasteiger partial charge in [-0.05, 0) is 44.2 Å². The number of carbonyl (C=O) groups is 2. The highest BCUT2D eigenvalue weighted by Gasteiger charge is 2.52. The van der Waals surface area contributed by atoms with Crippen molar-refractivity contribution in [1.82, 2.24) is 15.2 Å². The molecule has 2 fully saturated rings. The van der Waals surface area contributed by atoms with Crippen LogP contribution in [-0.2, 0) is 4.79 Å². The number of nitrogens with zero attached hydrogens (tertiary/aromatic N) is 2. The van der Waals surface area contributed by atoms with Gasteiger partial charge < -0.3 is 16.2 Å². The van der Waals surface area contributed by atoms with Gasteiger partial charge in [-0.25, -0.2) is 0 Å². The molecular formula is C17H23N4O3. The largest absolute Gasteiger partial charge is 0.390 e. The molecule has 3 heterocycles. The SMILES string of the molecule is NC(=O)[C@]12C[CH]C[C@@H](CC1)N2CC(O)CNC(=O)c1ccncc1. The monoisotopic (exact) mass is 331 g/mol. The van der Waals surface area contributed by atoms with Crippen LogP contribution in [0.25, 0.3) is 0 Å². The zero-order valence-corrected chi connectivity index (χ0v) is 13.5. The van der Waals surface area contributed by atoms with E-state index in [2.05, 4.69) is 16.7 Å². The summed E-state index contributed by atoms with van der Waals surface area (Å²) in [5.74, 6) is -0.579. The van der Waals surface area contributed by atoms with Gasteiger partial charge >= 0.3 is 0 Å². The summed E-state index contributed by atoms with van der Waals surface area (Å²) < 4.78 is 0. The number of hydrogen-bond acceptors (Lipinski definition) is 5. The quantitative estimate of drug-likeness (QED) is 0.672. The second-order valence-electron chi connectivity index (χ2n) is 6.57. The minimum absolute atomic E-state index is 0.128. The highest BCUT2D eigenvalue weighted by Crippen LogP contribution is 2.43. The van der Waals surface area contributed by atoms with Gasteiger partial charge in [0.25, 0.3) is 5.91 Å². The van der Waals surface area contributed by atoms with E-state index in [1.807, 2.05) is 4.90 Å². The molecule has 3 atom stereocenters. The van der Waals surface area contributed by atoms with Crippen molar-refractivity contribution in [3.05, 3.63) is 36.5 Å². The lowest BCUT2D eigenvalue weighted by atomic mass is 9.87. The van der Waals surface area contributed by atoms with Gasteiger partial charge in [-0.2, -0.15) is 0 Å². The number of fused-ring (bicyclic) bond motifs is 2. The Morgan fingerprint density at radius 2 is 2.21 bits per heavy atom. The molecule has 0 aliphatic carbocycles. The predicted molar refractivity (Wildman–Crippen MR) is 87.8 cm³/mol. The van der Waals surface area contributed by atoms with Crippen LogP contribution >= 0.6 is 0 Å². The van der Waals surface area contributed by atoms with Crippen molar-refractivity contribution in [3.63, 3.8) is 0 Å². The number of piperidine rings is 1. The molecule has 2 amide bonds. The Morgan fingerprint density at radius 3 is 2.92 bits per heavy atom. The van der Waals surface area contributed by atoms with Gasteiger partial charge in [0.05, 0.1) is 6.10 Å². The summed E-state index contributed by atoms with van der Waals surface area (Å²) in [4.78, 5) is 29.9. The first-order valence-corrected chi connectivity index (χ1v) is 8.27. The maximum Gasteiger partial charge on any atom is 0.251 e. The first kappa shape index (κ1) is 16.9. The average molecular weight is 331 g/mol. The van der Waals surface area contributed by atoms with Crippen LogP contribution < -0.4 is 11.1 Å². The second-order valence-corrected chi connectivity index (χ2v) is 6.57. The van der Waals surface area contributed by atoms with Gasteiger partial charge in [0.1, 0.15) is 5.54 Å². The summed E-state index contributed by atoms with van der Waals surface area (Å²) in [6, 6.07) is 3.48. The van der Waals surface area contributed by atoms with Crippen molar-refractivity contribution in [2.24, 2.45) is 5.73 Å². The zero-order chi connectivity index (χ0) is 17.2. The van der Waals surface area contributed by atoms with E-state index in [9.17, 15) is 14.7 Å². The van der Waals surface area contributed by atoms with Crippen molar-refractivity contribution in [3.8, 4) is 0 Å². The summed E-state index contributed by atoms with van der Waals surface area (Å²) in [5.41, 5.74) is 5.48. The molecule has 2 bridgehead atoms. The molecule has 24 heavy (non-hydrogen) atoms. The van der Waals surface area contributed by atoms with Crippen LogP contribution in [0.5, 0.6) is 0 Å². The van der Waals surface area contributed by atoms with E-state index in [0.717, 1.165) is 19.3 Å². The fourth-order valence-corrected chi connectivity index (χ4v) is 3.83. The number of nitrogens with one attached hydrogen (secondary N) is 1. The Labute approximate surface area is 141 Å². The van der Waals surface area contributed by atoms with Crippen LogP contribution in [0.3, 0.4) is 0 Å². The molecule has 2 aliphatic heterocycles.